The summed E-state index contributed by atoms with van der Waals surface area (Å²) in [6.07, 6.45) is 3.98. The number of nitrogens with one attached hydrogen (secondary N) is 2. The number of carbonyl (C=O) groups is 2. The first-order chi connectivity index (χ1) is 26.2. The lowest BCUT2D eigenvalue weighted by molar-refractivity contribution is -0.142. The summed E-state index contributed by atoms with van der Waals surface area (Å²) in [4.78, 5) is 35.1. The third kappa shape index (κ3) is 7.73. The number of hydrogen-bond donors (Lipinski definition) is 3. The van der Waals surface area contributed by atoms with Gasteiger partial charge in [-0.05, 0) is 67.5 Å². The SMILES string of the molecule is CCC1C(C(=O)O)CCN1Cc1cc(Cl)c(O[C@H]2CCc3c(-c4cccc(-c5ccc(CNC[C@@H]6CCC(=O)N6)c(OC)n5)c4Cl)cccc32)nc1OC. The van der Waals surface area contributed by atoms with Crippen LogP contribution in [0.1, 0.15) is 67.4 Å². The van der Waals surface area contributed by atoms with Crippen LogP contribution in [-0.4, -0.2) is 71.2 Å². The standard InChI is InChI=1S/C41H45Cl2N5O6/c1-4-34-31(41(50)51)17-18-48(34)22-24-19-32(42)40(47-39(24)53-3)54-35-15-13-27-26(7-5-8-28(27)35)29-9-6-10-30(37(29)43)33-14-11-23(38(46-33)52-2)20-44-21-25-12-16-36(49)45-25/h5-11,14,19,25,31,34-35,44H,4,12-13,15-18,20-22H2,1-3H3,(H,45,49)(H,50,51)/t25-,31?,34?,35-/m0/s1. The van der Waals surface area contributed by atoms with E-state index in [0.717, 1.165) is 64.6 Å². The van der Waals surface area contributed by atoms with Crippen molar-refractivity contribution in [1.82, 2.24) is 25.5 Å². The monoisotopic (exact) mass is 773 g/mol. The first-order valence-electron chi connectivity index (χ1n) is 18.5. The molecule has 1 aliphatic carbocycles. The fourth-order valence-electron chi connectivity index (χ4n) is 8.24. The van der Waals surface area contributed by atoms with Gasteiger partial charge in [-0.15, -0.1) is 0 Å². The molecule has 2 aromatic heterocycles. The van der Waals surface area contributed by atoms with E-state index in [1.54, 1.807) is 14.2 Å². The quantitative estimate of drug-likeness (QED) is 0.120. The van der Waals surface area contributed by atoms with Crippen molar-refractivity contribution in [2.75, 3.05) is 27.3 Å². The molecule has 13 heteroatoms. The molecule has 2 aromatic carbocycles. The zero-order chi connectivity index (χ0) is 37.9. The molecule has 2 unspecified atom stereocenters. The van der Waals surface area contributed by atoms with Gasteiger partial charge in [-0.2, -0.15) is 4.98 Å². The Hall–Kier alpha value is -4.42. The van der Waals surface area contributed by atoms with E-state index in [-0.39, 0.29) is 24.1 Å². The molecule has 7 rings (SSSR count). The lowest BCUT2D eigenvalue weighted by Gasteiger charge is -2.26. The Kier molecular flexibility index (Phi) is 11.6. The predicted molar refractivity (Wildman–Crippen MR) is 207 cm³/mol. The number of nitrogens with zero attached hydrogens (tertiary/aromatic N) is 3. The van der Waals surface area contributed by atoms with Crippen LogP contribution < -0.4 is 24.8 Å². The largest absolute Gasteiger partial charge is 0.481 e. The Morgan fingerprint density at radius 1 is 0.944 bits per heavy atom. The number of amides is 1. The van der Waals surface area contributed by atoms with Gasteiger partial charge >= 0.3 is 5.97 Å². The van der Waals surface area contributed by atoms with Crippen LogP contribution in [0.2, 0.25) is 10.0 Å². The molecular weight excluding hydrogens is 729 g/mol. The van der Waals surface area contributed by atoms with Gasteiger partial charge in [-0.3, -0.25) is 14.5 Å². The maximum absolute atomic E-state index is 11.8. The molecule has 284 valence electrons. The van der Waals surface area contributed by atoms with Gasteiger partial charge < -0.3 is 30.0 Å². The second-order valence-corrected chi connectivity index (χ2v) is 14.9. The topological polar surface area (TPSA) is 135 Å². The van der Waals surface area contributed by atoms with E-state index in [1.807, 2.05) is 49.4 Å². The second-order valence-electron chi connectivity index (χ2n) is 14.1. The number of carbonyl (C=O) groups excluding carboxylic acids is 1. The maximum atomic E-state index is 11.8. The van der Waals surface area contributed by atoms with E-state index in [9.17, 15) is 14.7 Å². The Labute approximate surface area is 325 Å². The van der Waals surface area contributed by atoms with Crippen molar-refractivity contribution in [3.8, 4) is 40.0 Å². The summed E-state index contributed by atoms with van der Waals surface area (Å²) in [6, 6.07) is 18.0. The molecule has 4 atom stereocenters. The number of pyridine rings is 2. The summed E-state index contributed by atoms with van der Waals surface area (Å²) in [5.74, 6) is 0.168. The summed E-state index contributed by atoms with van der Waals surface area (Å²) in [5.41, 5.74) is 7.33. The summed E-state index contributed by atoms with van der Waals surface area (Å²) < 4.78 is 17.9. The van der Waals surface area contributed by atoms with Crippen molar-refractivity contribution < 1.29 is 28.9 Å². The molecule has 2 saturated heterocycles. The fraction of sp³-hybridized carbons (Fsp3) is 0.415. The van der Waals surface area contributed by atoms with Gasteiger partial charge in [-0.25, -0.2) is 4.98 Å². The molecule has 0 bridgehead atoms. The highest BCUT2D eigenvalue weighted by molar-refractivity contribution is 6.36. The molecule has 3 N–H and O–H groups in total. The Morgan fingerprint density at radius 3 is 2.44 bits per heavy atom. The number of halogens is 2. The lowest BCUT2D eigenvalue weighted by Crippen LogP contribution is -2.35. The number of fused-ring (bicyclic) bond motifs is 1. The van der Waals surface area contributed by atoms with Crippen molar-refractivity contribution in [3.63, 3.8) is 0 Å². The number of carboxylic acids is 1. The van der Waals surface area contributed by atoms with E-state index in [0.29, 0.717) is 72.4 Å². The van der Waals surface area contributed by atoms with E-state index < -0.39 is 11.9 Å². The van der Waals surface area contributed by atoms with Crippen LogP contribution in [0, 0.1) is 5.92 Å². The first-order valence-corrected chi connectivity index (χ1v) is 19.3. The Morgan fingerprint density at radius 2 is 1.70 bits per heavy atom. The molecule has 3 aliphatic rings. The maximum Gasteiger partial charge on any atom is 0.308 e. The van der Waals surface area contributed by atoms with Gasteiger partial charge in [0.15, 0.2) is 0 Å². The van der Waals surface area contributed by atoms with Gasteiger partial charge in [0.2, 0.25) is 23.5 Å². The van der Waals surface area contributed by atoms with Crippen molar-refractivity contribution in [2.45, 2.75) is 76.7 Å². The predicted octanol–water partition coefficient (Wildman–Crippen LogP) is 7.25. The van der Waals surface area contributed by atoms with E-state index in [1.165, 1.54) is 0 Å². The third-order valence-corrected chi connectivity index (χ3v) is 11.6. The smallest absolute Gasteiger partial charge is 0.308 e. The highest BCUT2D eigenvalue weighted by atomic mass is 35.5. The Balaban J connectivity index is 1.09. The highest BCUT2D eigenvalue weighted by Crippen LogP contribution is 2.45. The minimum absolute atomic E-state index is 0.0630. The average molecular weight is 775 g/mol. The van der Waals surface area contributed by atoms with Crippen molar-refractivity contribution in [3.05, 3.63) is 86.9 Å². The summed E-state index contributed by atoms with van der Waals surface area (Å²) in [5, 5.41) is 17.1. The van der Waals surface area contributed by atoms with Gasteiger partial charge in [0.1, 0.15) is 11.1 Å². The molecule has 4 heterocycles. The first kappa shape index (κ1) is 37.9. The van der Waals surface area contributed by atoms with Crippen LogP contribution >= 0.6 is 23.2 Å². The normalized spacial score (nSPS) is 20.9. The van der Waals surface area contributed by atoms with Gasteiger partial charge in [0.25, 0.3) is 0 Å². The molecule has 0 radical (unpaired) electrons. The van der Waals surface area contributed by atoms with Crippen LogP contribution in [0.5, 0.6) is 17.6 Å². The van der Waals surface area contributed by atoms with Crippen molar-refractivity contribution in [1.29, 1.82) is 0 Å². The number of likely N-dealkylation sites (tertiary alicyclic amines) is 1. The zero-order valence-electron chi connectivity index (χ0n) is 30.7. The van der Waals surface area contributed by atoms with Crippen LogP contribution in [-0.2, 0) is 29.1 Å². The molecule has 0 saturated carbocycles. The van der Waals surface area contributed by atoms with Gasteiger partial charge in [0, 0.05) is 60.4 Å². The minimum atomic E-state index is -0.757. The summed E-state index contributed by atoms with van der Waals surface area (Å²) in [6.45, 7) is 4.42. The fourth-order valence-corrected chi connectivity index (χ4v) is 8.78. The number of hydrogen-bond acceptors (Lipinski definition) is 9. The number of rotatable bonds is 14. The van der Waals surface area contributed by atoms with E-state index in [4.69, 9.17) is 47.4 Å². The van der Waals surface area contributed by atoms with Crippen LogP contribution in [0.3, 0.4) is 0 Å². The average Bonchev–Trinajstić information content (AvgIpc) is 3.91. The van der Waals surface area contributed by atoms with Gasteiger partial charge in [0.05, 0.1) is 30.9 Å². The molecule has 4 aromatic rings. The van der Waals surface area contributed by atoms with Gasteiger partial charge in [-0.1, -0.05) is 72.6 Å². The minimum Gasteiger partial charge on any atom is -0.481 e. The molecule has 1 amide bonds. The van der Waals surface area contributed by atoms with Crippen LogP contribution in [0.25, 0.3) is 22.4 Å². The lowest BCUT2D eigenvalue weighted by atomic mass is 9.94. The zero-order valence-corrected chi connectivity index (χ0v) is 32.2. The summed E-state index contributed by atoms with van der Waals surface area (Å²) in [7, 11) is 3.18. The van der Waals surface area contributed by atoms with Crippen molar-refractivity contribution in [2.24, 2.45) is 5.92 Å². The van der Waals surface area contributed by atoms with E-state index >= 15 is 0 Å². The number of ether oxygens (including phenoxy) is 3. The number of aromatic nitrogens is 2. The van der Waals surface area contributed by atoms with Crippen LogP contribution in [0.15, 0.2) is 54.6 Å². The molecule has 54 heavy (non-hydrogen) atoms. The highest BCUT2D eigenvalue weighted by Gasteiger charge is 2.38. The van der Waals surface area contributed by atoms with Crippen LogP contribution in [0.4, 0.5) is 0 Å². The summed E-state index contributed by atoms with van der Waals surface area (Å²) >= 11 is 14.0. The van der Waals surface area contributed by atoms with E-state index in [2.05, 4.69) is 27.7 Å². The molecular formula is C41H45Cl2N5O6. The molecule has 2 aliphatic heterocycles. The number of carboxylic acid groups (broad SMARTS) is 1. The second kappa shape index (κ2) is 16.5. The number of benzene rings is 2. The molecule has 11 nitrogen and oxygen atoms in total. The van der Waals surface area contributed by atoms with Crippen molar-refractivity contribution >= 4 is 35.1 Å². The Bertz CT molecular complexity index is 2050. The number of methoxy groups -OCH3 is 2. The number of aliphatic carboxylic acids is 1. The molecule has 2 fully saturated rings. The molecule has 0 spiro atoms. The third-order valence-electron chi connectivity index (χ3n) is 10.9.